The van der Waals surface area contributed by atoms with Crippen molar-refractivity contribution in [3.05, 3.63) is 41.8 Å². The van der Waals surface area contributed by atoms with Gasteiger partial charge in [0, 0.05) is 10.4 Å². The molecule has 0 aliphatic carbocycles. The van der Waals surface area contributed by atoms with Crippen LogP contribution < -0.4 is 10.6 Å². The first-order chi connectivity index (χ1) is 11.3. The minimum Gasteiger partial charge on any atom is -0.370 e. The third kappa shape index (κ3) is 5.86. The Morgan fingerprint density at radius 3 is 2.67 bits per heavy atom. The standard InChI is InChI=1S/C16H17F3N2O2S/c1-11(9-23-10-16(17,18)19)20-15(22)21-13-6-3-2-5-12(13)14-7-4-8-24-14/h2-8,11H,9-10H2,1H3,(H2,20,21,22)/t11-/m0/s1. The lowest BCUT2D eigenvalue weighted by Crippen LogP contribution is -2.39. The number of benzene rings is 1. The highest BCUT2D eigenvalue weighted by molar-refractivity contribution is 7.13. The number of urea groups is 1. The largest absolute Gasteiger partial charge is 0.411 e. The topological polar surface area (TPSA) is 50.4 Å². The average molecular weight is 358 g/mol. The molecule has 0 fully saturated rings. The van der Waals surface area contributed by atoms with E-state index in [-0.39, 0.29) is 6.61 Å². The number of alkyl halides is 3. The summed E-state index contributed by atoms with van der Waals surface area (Å²) in [6.07, 6.45) is -4.37. The Kier molecular flexibility index (Phi) is 6.22. The number of hydrogen-bond acceptors (Lipinski definition) is 3. The van der Waals surface area contributed by atoms with Gasteiger partial charge in [-0.3, -0.25) is 0 Å². The van der Waals surface area contributed by atoms with Crippen LogP contribution in [0.25, 0.3) is 10.4 Å². The fraction of sp³-hybridized carbons (Fsp3) is 0.312. The number of amides is 2. The van der Waals surface area contributed by atoms with E-state index < -0.39 is 24.9 Å². The van der Waals surface area contributed by atoms with E-state index >= 15 is 0 Å². The quantitative estimate of drug-likeness (QED) is 0.799. The molecule has 2 amide bonds. The van der Waals surface area contributed by atoms with Gasteiger partial charge in [-0.25, -0.2) is 4.79 Å². The molecule has 0 spiro atoms. The molecule has 2 N–H and O–H groups in total. The van der Waals surface area contributed by atoms with Crippen molar-refractivity contribution >= 4 is 23.1 Å². The molecular weight excluding hydrogens is 341 g/mol. The van der Waals surface area contributed by atoms with E-state index in [1.165, 1.54) is 0 Å². The van der Waals surface area contributed by atoms with Crippen molar-refractivity contribution in [3.63, 3.8) is 0 Å². The molecule has 0 aliphatic heterocycles. The molecule has 0 saturated heterocycles. The summed E-state index contributed by atoms with van der Waals surface area (Å²) in [4.78, 5) is 13.0. The van der Waals surface area contributed by atoms with Gasteiger partial charge in [0.15, 0.2) is 0 Å². The SMILES string of the molecule is C[C@@H](COCC(F)(F)F)NC(=O)Nc1ccccc1-c1cccs1. The molecule has 2 aromatic rings. The number of nitrogens with one attached hydrogen (secondary N) is 2. The second-order valence-corrected chi connectivity index (χ2v) is 6.10. The number of carbonyl (C=O) groups excluding carboxylic acids is 1. The first-order valence-electron chi connectivity index (χ1n) is 7.20. The van der Waals surface area contributed by atoms with E-state index in [9.17, 15) is 18.0 Å². The van der Waals surface area contributed by atoms with Gasteiger partial charge in [0.25, 0.3) is 0 Å². The molecule has 1 aromatic carbocycles. The molecule has 2 rings (SSSR count). The second-order valence-electron chi connectivity index (χ2n) is 5.15. The van der Waals surface area contributed by atoms with Crippen LogP contribution in [-0.2, 0) is 4.74 Å². The summed E-state index contributed by atoms with van der Waals surface area (Å²) in [6.45, 7) is 0.0163. The van der Waals surface area contributed by atoms with Gasteiger partial charge in [-0.2, -0.15) is 13.2 Å². The summed E-state index contributed by atoms with van der Waals surface area (Å²) in [6, 6.07) is 10.1. The Morgan fingerprint density at radius 2 is 2.00 bits per heavy atom. The van der Waals surface area contributed by atoms with Gasteiger partial charge < -0.3 is 15.4 Å². The smallest absolute Gasteiger partial charge is 0.370 e. The maximum absolute atomic E-state index is 12.0. The minimum absolute atomic E-state index is 0.223. The Morgan fingerprint density at radius 1 is 1.25 bits per heavy atom. The van der Waals surface area contributed by atoms with E-state index in [0.717, 1.165) is 10.4 Å². The number of halogens is 3. The van der Waals surface area contributed by atoms with E-state index in [0.29, 0.717) is 5.69 Å². The van der Waals surface area contributed by atoms with Crippen molar-refractivity contribution in [3.8, 4) is 10.4 Å². The molecule has 0 saturated carbocycles. The zero-order chi connectivity index (χ0) is 17.6. The highest BCUT2D eigenvalue weighted by Gasteiger charge is 2.27. The summed E-state index contributed by atoms with van der Waals surface area (Å²) in [7, 11) is 0. The van der Waals surface area contributed by atoms with Crippen molar-refractivity contribution in [1.82, 2.24) is 5.32 Å². The van der Waals surface area contributed by atoms with Gasteiger partial charge in [-0.15, -0.1) is 11.3 Å². The zero-order valence-electron chi connectivity index (χ0n) is 12.9. The van der Waals surface area contributed by atoms with Crippen molar-refractivity contribution in [2.24, 2.45) is 0 Å². The molecule has 0 unspecified atom stereocenters. The first-order valence-corrected chi connectivity index (χ1v) is 8.08. The monoisotopic (exact) mass is 358 g/mol. The highest BCUT2D eigenvalue weighted by Crippen LogP contribution is 2.31. The van der Waals surface area contributed by atoms with Gasteiger partial charge in [0.2, 0.25) is 0 Å². The Balaban J connectivity index is 1.89. The number of hydrogen-bond donors (Lipinski definition) is 2. The van der Waals surface area contributed by atoms with Crippen LogP contribution in [0, 0.1) is 0 Å². The number of ether oxygens (including phenoxy) is 1. The molecule has 0 bridgehead atoms. The van der Waals surface area contributed by atoms with Crippen molar-refractivity contribution < 1.29 is 22.7 Å². The van der Waals surface area contributed by atoms with Crippen LogP contribution >= 0.6 is 11.3 Å². The Hall–Kier alpha value is -2.06. The van der Waals surface area contributed by atoms with Crippen LogP contribution in [0.4, 0.5) is 23.7 Å². The van der Waals surface area contributed by atoms with Crippen LogP contribution in [0.5, 0.6) is 0 Å². The molecule has 1 aromatic heterocycles. The Labute approximate surface area is 141 Å². The van der Waals surface area contributed by atoms with E-state index in [2.05, 4.69) is 15.4 Å². The molecule has 1 atom stereocenters. The third-order valence-electron chi connectivity index (χ3n) is 2.97. The number of anilines is 1. The summed E-state index contributed by atoms with van der Waals surface area (Å²) >= 11 is 1.55. The highest BCUT2D eigenvalue weighted by atomic mass is 32.1. The molecule has 24 heavy (non-hydrogen) atoms. The predicted molar refractivity (Wildman–Crippen MR) is 88.2 cm³/mol. The number of para-hydroxylation sites is 1. The van der Waals surface area contributed by atoms with Gasteiger partial charge >= 0.3 is 12.2 Å². The maximum atomic E-state index is 12.0. The van der Waals surface area contributed by atoms with Gasteiger partial charge in [-0.05, 0) is 24.4 Å². The van der Waals surface area contributed by atoms with E-state index in [1.807, 2.05) is 29.6 Å². The number of rotatable bonds is 6. The van der Waals surface area contributed by atoms with Crippen LogP contribution in [0.2, 0.25) is 0 Å². The normalized spacial score (nSPS) is 12.7. The van der Waals surface area contributed by atoms with Crippen LogP contribution in [0.3, 0.4) is 0 Å². The Bertz CT molecular complexity index is 660. The van der Waals surface area contributed by atoms with Crippen molar-refractivity contribution in [2.75, 3.05) is 18.5 Å². The van der Waals surface area contributed by atoms with E-state index in [1.54, 1.807) is 30.4 Å². The minimum atomic E-state index is -4.37. The fourth-order valence-corrected chi connectivity index (χ4v) is 2.78. The maximum Gasteiger partial charge on any atom is 0.411 e. The van der Waals surface area contributed by atoms with Gasteiger partial charge in [0.05, 0.1) is 18.3 Å². The summed E-state index contributed by atoms with van der Waals surface area (Å²) in [5.74, 6) is 0. The molecule has 8 heteroatoms. The average Bonchev–Trinajstić information content (AvgIpc) is 3.00. The van der Waals surface area contributed by atoms with Crippen LogP contribution in [0.1, 0.15) is 6.92 Å². The van der Waals surface area contributed by atoms with E-state index in [4.69, 9.17) is 0 Å². The lowest BCUT2D eigenvalue weighted by Gasteiger charge is -2.16. The summed E-state index contributed by atoms with van der Waals surface area (Å²) in [5, 5.41) is 7.20. The lowest BCUT2D eigenvalue weighted by molar-refractivity contribution is -0.174. The zero-order valence-corrected chi connectivity index (χ0v) is 13.7. The molecule has 1 heterocycles. The van der Waals surface area contributed by atoms with Crippen molar-refractivity contribution in [2.45, 2.75) is 19.1 Å². The molecule has 130 valence electrons. The number of thiophene rings is 1. The predicted octanol–water partition coefficient (Wildman–Crippen LogP) is 4.50. The lowest BCUT2D eigenvalue weighted by atomic mass is 10.1. The molecule has 0 radical (unpaired) electrons. The summed E-state index contributed by atoms with van der Waals surface area (Å²) in [5.41, 5.74) is 1.50. The summed E-state index contributed by atoms with van der Waals surface area (Å²) < 4.78 is 40.6. The van der Waals surface area contributed by atoms with Crippen LogP contribution in [0.15, 0.2) is 41.8 Å². The van der Waals surface area contributed by atoms with Crippen molar-refractivity contribution in [1.29, 1.82) is 0 Å². The fourth-order valence-electron chi connectivity index (χ4n) is 2.01. The first kappa shape index (κ1) is 18.3. The van der Waals surface area contributed by atoms with Gasteiger partial charge in [-0.1, -0.05) is 24.3 Å². The molecule has 0 aliphatic rings. The third-order valence-corrected chi connectivity index (χ3v) is 3.88. The molecule has 4 nitrogen and oxygen atoms in total. The number of carbonyl (C=O) groups is 1. The molecular formula is C16H17F3N2O2S. The van der Waals surface area contributed by atoms with Crippen LogP contribution in [-0.4, -0.2) is 31.5 Å². The second kappa shape index (κ2) is 8.16. The van der Waals surface area contributed by atoms with Gasteiger partial charge in [0.1, 0.15) is 6.61 Å².